The fourth-order valence-corrected chi connectivity index (χ4v) is 6.07. The highest BCUT2D eigenvalue weighted by Crippen LogP contribution is 2.45. The summed E-state index contributed by atoms with van der Waals surface area (Å²) in [4.78, 5) is 16.3. The SMILES string of the molecule is O=C(C=Cc1cc(F)cc(F)c1)N1CCC(O)(C(O)CN2CCC3(CC2)CNc2cc(Cl)ccc23)CC1. The fourth-order valence-electron chi connectivity index (χ4n) is 5.90. The Hall–Kier alpha value is -2.52. The molecule has 1 atom stereocenters. The van der Waals surface area contributed by atoms with E-state index in [1.807, 2.05) is 12.1 Å². The number of anilines is 1. The Morgan fingerprint density at radius 3 is 2.41 bits per heavy atom. The van der Waals surface area contributed by atoms with Gasteiger partial charge < -0.3 is 25.3 Å². The molecule has 0 aliphatic carbocycles. The first-order valence-corrected chi connectivity index (χ1v) is 13.1. The molecule has 9 heteroatoms. The average molecular weight is 532 g/mol. The van der Waals surface area contributed by atoms with Crippen LogP contribution in [0.4, 0.5) is 14.5 Å². The van der Waals surface area contributed by atoms with E-state index in [4.69, 9.17) is 11.6 Å². The van der Waals surface area contributed by atoms with Crippen LogP contribution < -0.4 is 5.32 Å². The molecule has 3 aliphatic rings. The Kier molecular flexibility index (Phi) is 7.29. The number of likely N-dealkylation sites (tertiary alicyclic amines) is 2. The molecule has 2 saturated heterocycles. The Morgan fingerprint density at radius 1 is 1.05 bits per heavy atom. The van der Waals surface area contributed by atoms with Crippen LogP contribution >= 0.6 is 11.6 Å². The summed E-state index contributed by atoms with van der Waals surface area (Å²) in [5.41, 5.74) is 1.49. The second kappa shape index (κ2) is 10.3. The van der Waals surface area contributed by atoms with E-state index in [-0.39, 0.29) is 29.7 Å². The summed E-state index contributed by atoms with van der Waals surface area (Å²) in [5.74, 6) is -1.71. The van der Waals surface area contributed by atoms with E-state index in [0.29, 0.717) is 19.6 Å². The molecule has 0 radical (unpaired) electrons. The molecule has 0 bridgehead atoms. The number of β-amino-alcohol motifs (C(OH)–C–C–N with tert-alkyl or cyclic N) is 1. The molecular formula is C28H32ClF2N3O3. The van der Waals surface area contributed by atoms with E-state index in [1.54, 1.807) is 4.90 Å². The molecule has 0 saturated carbocycles. The smallest absolute Gasteiger partial charge is 0.246 e. The quantitative estimate of drug-likeness (QED) is 0.512. The van der Waals surface area contributed by atoms with Crippen molar-refractivity contribution in [2.45, 2.75) is 42.8 Å². The van der Waals surface area contributed by atoms with E-state index in [1.165, 1.54) is 17.7 Å². The van der Waals surface area contributed by atoms with E-state index in [0.717, 1.165) is 61.4 Å². The summed E-state index contributed by atoms with van der Waals surface area (Å²) in [7, 11) is 0. The molecule has 3 heterocycles. The second-order valence-corrected chi connectivity index (χ2v) is 11.0. The number of hydrogen-bond acceptors (Lipinski definition) is 5. The number of aliphatic hydroxyl groups excluding tert-OH is 1. The third kappa shape index (κ3) is 5.53. The number of halogens is 3. The molecule has 2 aromatic rings. The van der Waals surface area contributed by atoms with Gasteiger partial charge in [0.2, 0.25) is 5.91 Å². The van der Waals surface area contributed by atoms with Crippen LogP contribution in [0.2, 0.25) is 5.02 Å². The van der Waals surface area contributed by atoms with Crippen LogP contribution in [0.1, 0.15) is 36.8 Å². The number of aliphatic hydroxyl groups is 2. The maximum Gasteiger partial charge on any atom is 0.246 e. The molecule has 198 valence electrons. The minimum atomic E-state index is -1.26. The topological polar surface area (TPSA) is 76.0 Å². The van der Waals surface area contributed by atoms with E-state index in [2.05, 4.69) is 16.3 Å². The summed E-state index contributed by atoms with van der Waals surface area (Å²) in [6.07, 6.45) is 4.18. The van der Waals surface area contributed by atoms with Gasteiger partial charge >= 0.3 is 0 Å². The van der Waals surface area contributed by atoms with Crippen molar-refractivity contribution < 1.29 is 23.8 Å². The van der Waals surface area contributed by atoms with Crippen LogP contribution in [0.15, 0.2) is 42.5 Å². The van der Waals surface area contributed by atoms with Crippen molar-refractivity contribution in [1.29, 1.82) is 0 Å². The van der Waals surface area contributed by atoms with Gasteiger partial charge in [0, 0.05) is 54.4 Å². The van der Waals surface area contributed by atoms with Gasteiger partial charge in [-0.25, -0.2) is 8.78 Å². The molecule has 3 aliphatic heterocycles. The van der Waals surface area contributed by atoms with Gasteiger partial charge in [0.15, 0.2) is 0 Å². The number of fused-ring (bicyclic) bond motifs is 2. The largest absolute Gasteiger partial charge is 0.389 e. The number of hydrogen-bond donors (Lipinski definition) is 3. The molecule has 2 fully saturated rings. The average Bonchev–Trinajstić information content (AvgIpc) is 3.20. The number of carbonyl (C=O) groups is 1. The second-order valence-electron chi connectivity index (χ2n) is 10.6. The molecule has 6 nitrogen and oxygen atoms in total. The molecule has 5 rings (SSSR count). The van der Waals surface area contributed by atoms with Gasteiger partial charge in [0.25, 0.3) is 0 Å². The van der Waals surface area contributed by atoms with Crippen molar-refractivity contribution in [2.75, 3.05) is 44.6 Å². The zero-order valence-electron chi connectivity index (χ0n) is 20.6. The van der Waals surface area contributed by atoms with E-state index < -0.39 is 23.3 Å². The Bertz CT molecular complexity index is 1170. The van der Waals surface area contributed by atoms with Crippen LogP contribution in [0.3, 0.4) is 0 Å². The number of rotatable bonds is 5. The zero-order valence-corrected chi connectivity index (χ0v) is 21.4. The van der Waals surface area contributed by atoms with Crippen LogP contribution in [0, 0.1) is 11.6 Å². The molecule has 37 heavy (non-hydrogen) atoms. The fraction of sp³-hybridized carbons (Fsp3) is 0.464. The van der Waals surface area contributed by atoms with Crippen molar-refractivity contribution in [1.82, 2.24) is 9.80 Å². The van der Waals surface area contributed by atoms with Gasteiger partial charge in [0.05, 0.1) is 11.7 Å². The Labute approximate surface area is 220 Å². The van der Waals surface area contributed by atoms with Crippen molar-refractivity contribution >= 4 is 29.3 Å². The normalized spacial score (nSPS) is 21.7. The molecule has 1 unspecified atom stereocenters. The van der Waals surface area contributed by atoms with Crippen molar-refractivity contribution in [2.24, 2.45) is 0 Å². The standard InChI is InChI=1S/C28H32ClF2N3O3/c29-20-2-3-23-24(15-20)32-18-27(23)5-9-33(10-6-27)17-25(35)28(37)7-11-34(12-8-28)26(36)4-1-19-13-21(30)16-22(31)14-19/h1-4,13-16,25,32,35,37H,5-12,17-18H2. The summed E-state index contributed by atoms with van der Waals surface area (Å²) in [6, 6.07) is 9.11. The van der Waals surface area contributed by atoms with Crippen LogP contribution in [-0.2, 0) is 10.2 Å². The third-order valence-corrected chi connectivity index (χ3v) is 8.51. The lowest BCUT2D eigenvalue weighted by atomic mass is 9.74. The predicted octanol–water partition coefficient (Wildman–Crippen LogP) is 3.81. The van der Waals surface area contributed by atoms with Crippen LogP contribution in [0.5, 0.6) is 0 Å². The lowest BCUT2D eigenvalue weighted by Crippen LogP contribution is -2.56. The van der Waals surface area contributed by atoms with E-state index >= 15 is 0 Å². The molecule has 0 aromatic heterocycles. The lowest BCUT2D eigenvalue weighted by molar-refractivity contribution is -0.140. The first-order valence-electron chi connectivity index (χ1n) is 12.8. The minimum absolute atomic E-state index is 0.0782. The zero-order chi connectivity index (χ0) is 26.2. The van der Waals surface area contributed by atoms with Gasteiger partial charge in [-0.15, -0.1) is 0 Å². The Morgan fingerprint density at radius 2 is 1.73 bits per heavy atom. The molecule has 2 aromatic carbocycles. The van der Waals surface area contributed by atoms with Crippen molar-refractivity contribution in [3.05, 3.63) is 70.3 Å². The van der Waals surface area contributed by atoms with Gasteiger partial charge in [-0.2, -0.15) is 0 Å². The Balaban J connectivity index is 1.12. The number of carbonyl (C=O) groups excluding carboxylic acids is 1. The van der Waals surface area contributed by atoms with Gasteiger partial charge in [-0.05, 0) is 80.2 Å². The first-order chi connectivity index (χ1) is 17.7. The minimum Gasteiger partial charge on any atom is -0.389 e. The van der Waals surface area contributed by atoms with Gasteiger partial charge in [-0.3, -0.25) is 4.79 Å². The number of nitrogens with zero attached hydrogens (tertiary/aromatic N) is 2. The third-order valence-electron chi connectivity index (χ3n) is 8.28. The summed E-state index contributed by atoms with van der Waals surface area (Å²) in [5, 5.41) is 26.3. The maximum absolute atomic E-state index is 13.4. The van der Waals surface area contributed by atoms with Crippen LogP contribution in [0.25, 0.3) is 6.08 Å². The number of piperidine rings is 2. The number of nitrogens with one attached hydrogen (secondary N) is 1. The highest BCUT2D eigenvalue weighted by Gasteiger charge is 2.44. The maximum atomic E-state index is 13.4. The summed E-state index contributed by atoms with van der Waals surface area (Å²) < 4.78 is 26.7. The van der Waals surface area contributed by atoms with Gasteiger partial charge in [0.1, 0.15) is 11.6 Å². The van der Waals surface area contributed by atoms with Crippen molar-refractivity contribution in [3.63, 3.8) is 0 Å². The first kappa shape index (κ1) is 26.1. The van der Waals surface area contributed by atoms with Crippen LogP contribution in [-0.4, -0.2) is 76.9 Å². The summed E-state index contributed by atoms with van der Waals surface area (Å²) in [6.45, 7) is 3.51. The highest BCUT2D eigenvalue weighted by molar-refractivity contribution is 6.30. The summed E-state index contributed by atoms with van der Waals surface area (Å²) >= 11 is 6.15. The predicted molar refractivity (Wildman–Crippen MR) is 139 cm³/mol. The molecular weight excluding hydrogens is 500 g/mol. The van der Waals surface area contributed by atoms with Gasteiger partial charge in [-0.1, -0.05) is 17.7 Å². The molecule has 1 spiro atoms. The molecule has 3 N–H and O–H groups in total. The van der Waals surface area contributed by atoms with Crippen molar-refractivity contribution in [3.8, 4) is 0 Å². The lowest BCUT2D eigenvalue weighted by Gasteiger charge is -2.44. The molecule has 1 amide bonds. The van der Waals surface area contributed by atoms with E-state index in [9.17, 15) is 23.8 Å². The monoisotopic (exact) mass is 531 g/mol. The number of amides is 1. The highest BCUT2D eigenvalue weighted by atomic mass is 35.5. The number of benzene rings is 2.